The number of rotatable bonds is 6. The zero-order valence-electron chi connectivity index (χ0n) is 17.6. The van der Waals surface area contributed by atoms with Crippen LogP contribution in [0.15, 0.2) is 60.8 Å². The number of nitrogens with one attached hydrogen (secondary N) is 2. The highest BCUT2D eigenvalue weighted by Crippen LogP contribution is 2.32. The van der Waals surface area contributed by atoms with Crippen LogP contribution in [0.1, 0.15) is 24.1 Å². The fraction of sp³-hybridized carbons (Fsp3) is 0.208. The van der Waals surface area contributed by atoms with Crippen molar-refractivity contribution in [2.24, 2.45) is 0 Å². The van der Waals surface area contributed by atoms with E-state index in [-0.39, 0.29) is 11.6 Å². The van der Waals surface area contributed by atoms with E-state index < -0.39 is 6.29 Å². The SMILES string of the molecule is Fc1ccc(CNc2nccc(-c3[nH]c(C4OCCCO4)nc3-c3ccc(F)cc3)n2)cc1. The number of halogens is 2. The normalized spacial score (nSPS) is 14.4. The number of hydrogen-bond acceptors (Lipinski definition) is 6. The van der Waals surface area contributed by atoms with Crippen LogP contribution < -0.4 is 5.32 Å². The maximum atomic E-state index is 13.5. The first-order chi connectivity index (χ1) is 16.2. The second-order valence-electron chi connectivity index (χ2n) is 7.53. The Kier molecular flexibility index (Phi) is 6.05. The number of hydrogen-bond donors (Lipinski definition) is 2. The predicted octanol–water partition coefficient (Wildman–Crippen LogP) is 4.86. The Hall–Kier alpha value is -3.69. The van der Waals surface area contributed by atoms with Crippen molar-refractivity contribution < 1.29 is 18.3 Å². The zero-order valence-corrected chi connectivity index (χ0v) is 17.6. The van der Waals surface area contributed by atoms with E-state index in [1.54, 1.807) is 36.5 Å². The molecule has 0 radical (unpaired) electrons. The van der Waals surface area contributed by atoms with E-state index in [0.29, 0.717) is 48.6 Å². The van der Waals surface area contributed by atoms with Crippen LogP contribution in [0.25, 0.3) is 22.6 Å². The van der Waals surface area contributed by atoms with Gasteiger partial charge in [-0.2, -0.15) is 0 Å². The fourth-order valence-electron chi connectivity index (χ4n) is 3.52. The fourth-order valence-corrected chi connectivity index (χ4v) is 3.52. The second-order valence-corrected chi connectivity index (χ2v) is 7.53. The lowest BCUT2D eigenvalue weighted by Crippen LogP contribution is -2.18. The molecule has 7 nitrogen and oxygen atoms in total. The molecule has 1 aliphatic heterocycles. The number of benzene rings is 2. The summed E-state index contributed by atoms with van der Waals surface area (Å²) in [6, 6.07) is 14.1. The molecule has 0 unspecified atom stereocenters. The van der Waals surface area contributed by atoms with Gasteiger partial charge in [-0.05, 0) is 54.4 Å². The van der Waals surface area contributed by atoms with E-state index in [1.165, 1.54) is 24.3 Å². The summed E-state index contributed by atoms with van der Waals surface area (Å²) in [6.07, 6.45) is 1.85. The van der Waals surface area contributed by atoms with Gasteiger partial charge in [0.05, 0.1) is 30.3 Å². The van der Waals surface area contributed by atoms with E-state index in [4.69, 9.17) is 14.5 Å². The summed E-state index contributed by atoms with van der Waals surface area (Å²) in [5.41, 5.74) is 3.46. The number of H-pyrrole nitrogens is 1. The van der Waals surface area contributed by atoms with Crippen LogP contribution in [0.2, 0.25) is 0 Å². The predicted molar refractivity (Wildman–Crippen MR) is 118 cm³/mol. The minimum atomic E-state index is -0.607. The molecule has 5 rings (SSSR count). The minimum Gasteiger partial charge on any atom is -0.350 e. The molecule has 0 spiro atoms. The Morgan fingerprint density at radius 3 is 2.33 bits per heavy atom. The van der Waals surface area contributed by atoms with Gasteiger partial charge in [0.25, 0.3) is 0 Å². The maximum Gasteiger partial charge on any atom is 0.223 e. The molecular weight excluding hydrogens is 428 g/mol. The molecule has 1 fully saturated rings. The molecule has 2 aromatic heterocycles. The first-order valence-electron chi connectivity index (χ1n) is 10.6. The highest BCUT2D eigenvalue weighted by molar-refractivity contribution is 5.77. The number of nitrogens with zero attached hydrogens (tertiary/aromatic N) is 3. The van der Waals surface area contributed by atoms with Gasteiger partial charge in [-0.15, -0.1) is 0 Å². The molecule has 33 heavy (non-hydrogen) atoms. The molecule has 9 heteroatoms. The molecule has 0 saturated carbocycles. The molecule has 0 aliphatic carbocycles. The maximum absolute atomic E-state index is 13.5. The molecule has 2 N–H and O–H groups in total. The topological polar surface area (TPSA) is 85.0 Å². The van der Waals surface area contributed by atoms with Crippen molar-refractivity contribution in [1.29, 1.82) is 0 Å². The first-order valence-corrected chi connectivity index (χ1v) is 10.6. The van der Waals surface area contributed by atoms with Crippen molar-refractivity contribution in [1.82, 2.24) is 19.9 Å². The number of imidazole rings is 1. The lowest BCUT2D eigenvalue weighted by molar-refractivity contribution is -0.186. The first kappa shape index (κ1) is 21.2. The third kappa shape index (κ3) is 4.89. The van der Waals surface area contributed by atoms with Crippen LogP contribution in [0.5, 0.6) is 0 Å². The smallest absolute Gasteiger partial charge is 0.223 e. The standard InChI is InChI=1S/C24H21F2N5O2/c25-17-6-2-15(3-7-17)14-28-24-27-11-10-19(29-24)21-20(16-4-8-18(26)9-5-16)30-22(31-21)23-32-12-1-13-33-23/h2-11,23H,1,12-14H2,(H,30,31)(H,27,28,29). The molecule has 1 saturated heterocycles. The quantitative estimate of drug-likeness (QED) is 0.437. The van der Waals surface area contributed by atoms with Crippen molar-refractivity contribution in [2.75, 3.05) is 18.5 Å². The molecular formula is C24H21F2N5O2. The van der Waals surface area contributed by atoms with Crippen LogP contribution in [0, 0.1) is 11.6 Å². The number of anilines is 1. The Balaban J connectivity index is 1.46. The average molecular weight is 449 g/mol. The van der Waals surface area contributed by atoms with E-state index in [0.717, 1.165) is 17.5 Å². The van der Waals surface area contributed by atoms with Crippen molar-refractivity contribution in [3.8, 4) is 22.6 Å². The molecule has 2 aromatic carbocycles. The Bertz CT molecular complexity index is 1220. The van der Waals surface area contributed by atoms with E-state index in [2.05, 4.69) is 20.3 Å². The Morgan fingerprint density at radius 2 is 1.61 bits per heavy atom. The third-order valence-electron chi connectivity index (χ3n) is 5.17. The number of aromatic nitrogens is 4. The highest BCUT2D eigenvalue weighted by Gasteiger charge is 2.24. The van der Waals surface area contributed by atoms with Crippen LogP contribution in [0.4, 0.5) is 14.7 Å². The monoisotopic (exact) mass is 449 g/mol. The van der Waals surface area contributed by atoms with Gasteiger partial charge in [0, 0.05) is 18.3 Å². The van der Waals surface area contributed by atoms with Gasteiger partial charge in [0.1, 0.15) is 11.6 Å². The summed E-state index contributed by atoms with van der Waals surface area (Å²) < 4.78 is 38.0. The average Bonchev–Trinajstić information content (AvgIpc) is 3.31. The van der Waals surface area contributed by atoms with Crippen molar-refractivity contribution in [3.05, 3.63) is 83.8 Å². The lowest BCUT2D eigenvalue weighted by atomic mass is 10.1. The van der Waals surface area contributed by atoms with Crippen LogP contribution >= 0.6 is 0 Å². The van der Waals surface area contributed by atoms with Crippen LogP contribution in [0.3, 0.4) is 0 Å². The number of aromatic amines is 1. The molecule has 4 aromatic rings. The second kappa shape index (κ2) is 9.43. The van der Waals surface area contributed by atoms with Gasteiger partial charge >= 0.3 is 0 Å². The largest absolute Gasteiger partial charge is 0.350 e. The molecule has 1 aliphatic rings. The van der Waals surface area contributed by atoms with Gasteiger partial charge in [-0.3, -0.25) is 0 Å². The molecule has 168 valence electrons. The molecule has 0 atom stereocenters. The van der Waals surface area contributed by atoms with Gasteiger partial charge in [0.2, 0.25) is 12.2 Å². The molecule has 0 amide bonds. The van der Waals surface area contributed by atoms with Crippen LogP contribution in [-0.4, -0.2) is 33.1 Å². The lowest BCUT2D eigenvalue weighted by Gasteiger charge is -2.21. The summed E-state index contributed by atoms with van der Waals surface area (Å²) in [5.74, 6) is 0.308. The summed E-state index contributed by atoms with van der Waals surface area (Å²) >= 11 is 0. The minimum absolute atomic E-state index is 0.286. The van der Waals surface area contributed by atoms with Crippen molar-refractivity contribution >= 4 is 5.95 Å². The van der Waals surface area contributed by atoms with E-state index >= 15 is 0 Å². The van der Waals surface area contributed by atoms with Crippen molar-refractivity contribution in [2.45, 2.75) is 19.3 Å². The Labute approximate surface area is 188 Å². The van der Waals surface area contributed by atoms with Gasteiger partial charge < -0.3 is 19.8 Å². The number of ether oxygens (including phenoxy) is 2. The third-order valence-corrected chi connectivity index (χ3v) is 5.17. The summed E-state index contributed by atoms with van der Waals surface area (Å²) in [4.78, 5) is 16.9. The molecule has 3 heterocycles. The highest BCUT2D eigenvalue weighted by atomic mass is 19.1. The van der Waals surface area contributed by atoms with E-state index in [1.807, 2.05) is 0 Å². The van der Waals surface area contributed by atoms with Gasteiger partial charge in [-0.1, -0.05) is 12.1 Å². The Morgan fingerprint density at radius 1 is 0.909 bits per heavy atom. The van der Waals surface area contributed by atoms with Gasteiger partial charge in [-0.25, -0.2) is 23.7 Å². The van der Waals surface area contributed by atoms with E-state index in [9.17, 15) is 8.78 Å². The summed E-state index contributed by atoms with van der Waals surface area (Å²) in [7, 11) is 0. The summed E-state index contributed by atoms with van der Waals surface area (Å²) in [5, 5.41) is 3.15. The van der Waals surface area contributed by atoms with Crippen molar-refractivity contribution in [3.63, 3.8) is 0 Å². The summed E-state index contributed by atoms with van der Waals surface area (Å²) in [6.45, 7) is 1.60. The zero-order chi connectivity index (χ0) is 22.6. The molecule has 0 bridgehead atoms. The van der Waals surface area contributed by atoms with Crippen LogP contribution in [-0.2, 0) is 16.0 Å². The van der Waals surface area contributed by atoms with Gasteiger partial charge in [0.15, 0.2) is 5.82 Å².